The summed E-state index contributed by atoms with van der Waals surface area (Å²) in [5, 5.41) is 1.06. The molecule has 2 aromatic carbocycles. The number of aromatic nitrogens is 1. The van der Waals surface area contributed by atoms with Gasteiger partial charge in [-0.25, -0.2) is 4.98 Å². The van der Waals surface area contributed by atoms with E-state index in [0.717, 1.165) is 79.9 Å². The van der Waals surface area contributed by atoms with Crippen LogP contribution in [0.4, 0.5) is 5.69 Å². The van der Waals surface area contributed by atoms with Crippen LogP contribution in [0.1, 0.15) is 53.4 Å². The summed E-state index contributed by atoms with van der Waals surface area (Å²) >= 11 is 0. The summed E-state index contributed by atoms with van der Waals surface area (Å²) in [6.45, 7) is 13.2. The molecule has 0 radical (unpaired) electrons. The van der Waals surface area contributed by atoms with Gasteiger partial charge in [0.15, 0.2) is 0 Å². The van der Waals surface area contributed by atoms with E-state index in [2.05, 4.69) is 75.1 Å². The Morgan fingerprint density at radius 3 is 2.03 bits per heavy atom. The van der Waals surface area contributed by atoms with Crippen LogP contribution in [0.5, 0.6) is 5.75 Å². The Hall–Kier alpha value is -2.63. The zero-order chi connectivity index (χ0) is 24.9. The third-order valence-electron chi connectivity index (χ3n) is 6.16. The number of hydrogen-bond donors (Lipinski definition) is 0. The maximum absolute atomic E-state index is 6.44. The molecule has 0 aliphatic carbocycles. The summed E-state index contributed by atoms with van der Waals surface area (Å²) in [5.41, 5.74) is 4.14. The van der Waals surface area contributed by atoms with Gasteiger partial charge in [-0.3, -0.25) is 0 Å². The molecule has 0 unspecified atom stereocenters. The highest BCUT2D eigenvalue weighted by molar-refractivity contribution is 5.86. The summed E-state index contributed by atoms with van der Waals surface area (Å²) in [7, 11) is 0. The third kappa shape index (κ3) is 7.94. The molecule has 5 nitrogen and oxygen atoms in total. The van der Waals surface area contributed by atoms with Crippen LogP contribution in [0, 0.1) is 0 Å². The van der Waals surface area contributed by atoms with Gasteiger partial charge >= 0.3 is 0 Å². The summed E-state index contributed by atoms with van der Waals surface area (Å²) < 4.78 is 18.2. The highest BCUT2D eigenvalue weighted by atomic mass is 16.6. The molecule has 0 spiro atoms. The molecule has 0 N–H and O–H groups in total. The third-order valence-corrected chi connectivity index (χ3v) is 6.16. The zero-order valence-corrected chi connectivity index (χ0v) is 22.0. The Labute approximate surface area is 211 Å². The Morgan fingerprint density at radius 1 is 0.771 bits per heavy atom. The van der Waals surface area contributed by atoms with Crippen molar-refractivity contribution in [2.45, 2.75) is 59.5 Å². The van der Waals surface area contributed by atoms with E-state index in [-0.39, 0.29) is 6.10 Å². The van der Waals surface area contributed by atoms with Gasteiger partial charge in [-0.2, -0.15) is 0 Å². The van der Waals surface area contributed by atoms with Gasteiger partial charge in [0, 0.05) is 42.9 Å². The molecule has 35 heavy (non-hydrogen) atoms. The van der Waals surface area contributed by atoms with E-state index in [1.807, 2.05) is 12.1 Å². The Kier molecular flexibility index (Phi) is 11.3. The second-order valence-corrected chi connectivity index (χ2v) is 8.84. The maximum atomic E-state index is 6.44. The molecule has 0 bridgehead atoms. The second-order valence-electron chi connectivity index (χ2n) is 8.84. The van der Waals surface area contributed by atoms with Gasteiger partial charge in [0.2, 0.25) is 0 Å². The topological polar surface area (TPSA) is 43.8 Å². The first kappa shape index (κ1) is 27.0. The van der Waals surface area contributed by atoms with E-state index in [1.54, 1.807) is 0 Å². The zero-order valence-electron chi connectivity index (χ0n) is 22.0. The van der Waals surface area contributed by atoms with Crippen LogP contribution >= 0.6 is 0 Å². The summed E-state index contributed by atoms with van der Waals surface area (Å²) in [5.74, 6) is 0.771. The number of ether oxygens (including phenoxy) is 3. The van der Waals surface area contributed by atoms with E-state index < -0.39 is 0 Å². The van der Waals surface area contributed by atoms with Crippen molar-refractivity contribution >= 4 is 16.6 Å². The van der Waals surface area contributed by atoms with Crippen LogP contribution in [-0.4, -0.2) is 50.6 Å². The van der Waals surface area contributed by atoms with Gasteiger partial charge in [-0.05, 0) is 51.0 Å². The number of rotatable bonds is 16. The fourth-order valence-corrected chi connectivity index (χ4v) is 4.03. The van der Waals surface area contributed by atoms with E-state index >= 15 is 0 Å². The van der Waals surface area contributed by atoms with Gasteiger partial charge in [0.05, 0.1) is 18.9 Å². The van der Waals surface area contributed by atoms with Crippen LogP contribution in [0.2, 0.25) is 0 Å². The lowest BCUT2D eigenvalue weighted by molar-refractivity contribution is -0.00682. The van der Waals surface area contributed by atoms with Crippen molar-refractivity contribution in [2.24, 2.45) is 0 Å². The number of anilines is 1. The monoisotopic (exact) mass is 478 g/mol. The predicted molar refractivity (Wildman–Crippen MR) is 147 cm³/mol. The van der Waals surface area contributed by atoms with Crippen molar-refractivity contribution in [2.75, 3.05) is 44.4 Å². The Bertz CT molecular complexity index is 990. The average Bonchev–Trinajstić information content (AvgIpc) is 2.90. The molecule has 1 aromatic heterocycles. The predicted octanol–water partition coefficient (Wildman–Crippen LogP) is 7.13. The summed E-state index contributed by atoms with van der Waals surface area (Å²) in [6.07, 6.45) is 4.16. The first-order valence-electron chi connectivity index (χ1n) is 13.3. The number of nitrogens with zero attached hydrogens (tertiary/aromatic N) is 2. The highest BCUT2D eigenvalue weighted by Crippen LogP contribution is 2.29. The number of pyridine rings is 1. The molecule has 5 heteroatoms. The minimum Gasteiger partial charge on any atom is -0.483 e. The van der Waals surface area contributed by atoms with Crippen molar-refractivity contribution in [1.29, 1.82) is 0 Å². The largest absolute Gasteiger partial charge is 0.483 e. The molecule has 3 rings (SSSR count). The molecule has 0 fully saturated rings. The minimum atomic E-state index is -0.173. The van der Waals surface area contributed by atoms with E-state index in [9.17, 15) is 0 Å². The number of hydrogen-bond acceptors (Lipinski definition) is 5. The Morgan fingerprint density at radius 2 is 1.43 bits per heavy atom. The molecule has 3 aromatic rings. The van der Waals surface area contributed by atoms with Crippen LogP contribution in [0.25, 0.3) is 22.2 Å². The maximum Gasteiger partial charge on any atom is 0.146 e. The molecular formula is C30H42N2O3. The van der Waals surface area contributed by atoms with Gasteiger partial charge in [-0.15, -0.1) is 0 Å². The molecule has 190 valence electrons. The Balaban J connectivity index is 1.81. The van der Waals surface area contributed by atoms with Crippen LogP contribution in [0.15, 0.2) is 54.6 Å². The lowest BCUT2D eigenvalue weighted by Crippen LogP contribution is -2.29. The fourth-order valence-electron chi connectivity index (χ4n) is 4.03. The molecule has 0 aliphatic heterocycles. The molecule has 0 aliphatic rings. The number of benzene rings is 2. The lowest BCUT2D eigenvalue weighted by atomic mass is 10.1. The number of para-hydroxylation sites is 1. The van der Waals surface area contributed by atoms with Crippen LogP contribution in [0.3, 0.4) is 0 Å². The lowest BCUT2D eigenvalue weighted by Gasteiger charge is -2.21. The van der Waals surface area contributed by atoms with Crippen molar-refractivity contribution in [3.8, 4) is 17.0 Å². The molecular weight excluding hydrogens is 436 g/mol. The van der Waals surface area contributed by atoms with Crippen molar-refractivity contribution < 1.29 is 14.2 Å². The quantitative estimate of drug-likeness (QED) is 0.205. The fraction of sp³-hybridized carbons (Fsp3) is 0.500. The van der Waals surface area contributed by atoms with E-state index in [1.165, 1.54) is 5.69 Å². The molecule has 1 heterocycles. The smallest absolute Gasteiger partial charge is 0.146 e. The van der Waals surface area contributed by atoms with Crippen molar-refractivity contribution in [1.82, 2.24) is 4.98 Å². The van der Waals surface area contributed by atoms with Crippen molar-refractivity contribution in [3.05, 3.63) is 54.6 Å². The summed E-state index contributed by atoms with van der Waals surface area (Å²) in [4.78, 5) is 7.35. The minimum absolute atomic E-state index is 0.173. The first-order chi connectivity index (χ1) is 17.2. The van der Waals surface area contributed by atoms with Crippen LogP contribution in [-0.2, 0) is 9.47 Å². The van der Waals surface area contributed by atoms with Gasteiger partial charge < -0.3 is 19.1 Å². The molecule has 0 amide bonds. The van der Waals surface area contributed by atoms with Gasteiger partial charge in [0.1, 0.15) is 17.4 Å². The van der Waals surface area contributed by atoms with Gasteiger partial charge in [0.25, 0.3) is 0 Å². The van der Waals surface area contributed by atoms with E-state index in [0.29, 0.717) is 13.2 Å². The highest BCUT2D eigenvalue weighted by Gasteiger charge is 2.15. The molecule has 0 saturated carbocycles. The first-order valence-corrected chi connectivity index (χ1v) is 13.3. The summed E-state index contributed by atoms with van der Waals surface area (Å²) in [6, 6.07) is 18.9. The van der Waals surface area contributed by atoms with E-state index in [4.69, 9.17) is 19.2 Å². The van der Waals surface area contributed by atoms with Crippen LogP contribution < -0.4 is 9.64 Å². The molecule has 0 atom stereocenters. The molecule has 0 saturated heterocycles. The second kappa shape index (κ2) is 14.7. The number of unbranched alkanes of at least 4 members (excludes halogenated alkanes) is 2. The standard InChI is InChI=1S/C30H42N2O3/c1-5-9-20-33-22-27(23-34-21-10-6-2)35-29-13-11-12-25-16-19-28(31-30(25)29)24-14-17-26(18-15-24)32(7-3)8-4/h11-19,27H,5-10,20-23H2,1-4H3. The SMILES string of the molecule is CCCCOCC(COCCCC)Oc1cccc2ccc(-c3ccc(N(CC)CC)cc3)nc12. The van der Waals surface area contributed by atoms with Crippen molar-refractivity contribution in [3.63, 3.8) is 0 Å². The van der Waals surface area contributed by atoms with Gasteiger partial charge in [-0.1, -0.05) is 57.0 Å². The number of fused-ring (bicyclic) bond motifs is 1. The average molecular weight is 479 g/mol. The normalized spacial score (nSPS) is 11.3.